The molecule has 0 saturated carbocycles. The van der Waals surface area contributed by atoms with Gasteiger partial charge in [0, 0.05) is 19.1 Å². The molecule has 0 unspecified atom stereocenters. The zero-order valence-corrected chi connectivity index (χ0v) is 11.1. The molecule has 0 heterocycles. The van der Waals surface area contributed by atoms with Crippen LogP contribution in [0.1, 0.15) is 29.3 Å². The van der Waals surface area contributed by atoms with E-state index in [0.717, 1.165) is 11.1 Å². The lowest BCUT2D eigenvalue weighted by Gasteiger charge is -2.01. The van der Waals surface area contributed by atoms with Crippen molar-refractivity contribution >= 4 is 31.6 Å². The first-order chi connectivity index (χ1) is 7.69. The fraction of sp³-hybridized carbons (Fsp3) is 0.364. The smallest absolute Gasteiger partial charge is 0.162 e. The van der Waals surface area contributed by atoms with Gasteiger partial charge in [0.05, 0.1) is 6.61 Å². The van der Waals surface area contributed by atoms with E-state index in [1.165, 1.54) is 7.11 Å². The predicted octanol–water partition coefficient (Wildman–Crippen LogP) is 3.12. The minimum Gasteiger partial charge on any atom is -0.322 e. The van der Waals surface area contributed by atoms with Crippen LogP contribution in [0.5, 0.6) is 0 Å². The molecule has 0 saturated heterocycles. The number of rotatable bonds is 4. The zero-order chi connectivity index (χ0) is 12.4. The van der Waals surface area contributed by atoms with Gasteiger partial charge >= 0.3 is 0 Å². The number of Topliss-reactive ketones (excluding diaryl/α,β-unsaturated/α-hetero) is 1. The molecule has 16 heavy (non-hydrogen) atoms. The summed E-state index contributed by atoms with van der Waals surface area (Å²) in [6.45, 7) is 2.28. The van der Waals surface area contributed by atoms with Crippen LogP contribution in [0.25, 0.3) is 0 Å². The number of hydrogen-bond acceptors (Lipinski definition) is 5. The Morgan fingerprint density at radius 2 is 2.00 bits per heavy atom. The monoisotopic (exact) mass is 260 g/mol. The summed E-state index contributed by atoms with van der Waals surface area (Å²) in [5, 5.41) is 0. The molecule has 0 aliphatic carbocycles. The molecule has 0 aliphatic heterocycles. The van der Waals surface area contributed by atoms with Crippen molar-refractivity contribution < 1.29 is 13.2 Å². The molecule has 5 heteroatoms. The van der Waals surface area contributed by atoms with E-state index in [1.807, 2.05) is 31.2 Å². The second kappa shape index (κ2) is 9.72. The number of benzene rings is 1. The van der Waals surface area contributed by atoms with E-state index in [4.69, 9.17) is 0 Å². The van der Waals surface area contributed by atoms with Crippen molar-refractivity contribution in [3.8, 4) is 0 Å². The molecule has 0 spiro atoms. The Morgan fingerprint density at radius 1 is 1.38 bits per heavy atom. The first-order valence-corrected chi connectivity index (χ1v) is 5.48. The van der Waals surface area contributed by atoms with E-state index < -0.39 is 0 Å². The third-order valence-corrected chi connectivity index (χ3v) is 1.93. The molecule has 0 bridgehead atoms. The molecule has 3 nitrogen and oxygen atoms in total. The molecule has 0 N–H and O–H groups in total. The summed E-state index contributed by atoms with van der Waals surface area (Å²) in [6, 6.07) is 7.41. The fourth-order valence-electron chi connectivity index (χ4n) is 1.11. The Hall–Kier alpha value is -0.490. The van der Waals surface area contributed by atoms with Crippen LogP contribution < -0.4 is 0 Å². The first kappa shape index (κ1) is 15.5. The molecule has 0 radical (unpaired) electrons. The number of thiol groups is 2. The van der Waals surface area contributed by atoms with Crippen LogP contribution in [-0.2, 0) is 15.0 Å². The summed E-state index contributed by atoms with van der Waals surface area (Å²) in [5.41, 5.74) is 1.71. The van der Waals surface area contributed by atoms with Crippen LogP contribution in [0.2, 0.25) is 0 Å². The third-order valence-electron chi connectivity index (χ3n) is 1.80. The Morgan fingerprint density at radius 3 is 2.50 bits per heavy atom. The van der Waals surface area contributed by atoms with E-state index in [-0.39, 0.29) is 5.78 Å². The zero-order valence-electron chi connectivity index (χ0n) is 9.34. The van der Waals surface area contributed by atoms with Gasteiger partial charge in [0.15, 0.2) is 5.78 Å². The van der Waals surface area contributed by atoms with Gasteiger partial charge in [-0.1, -0.05) is 25.1 Å². The van der Waals surface area contributed by atoms with Crippen LogP contribution in [0, 0.1) is 0 Å². The highest BCUT2D eigenvalue weighted by atomic mass is 32.1. The van der Waals surface area contributed by atoms with Crippen molar-refractivity contribution in [3.05, 3.63) is 35.4 Å². The van der Waals surface area contributed by atoms with Gasteiger partial charge in [0.25, 0.3) is 0 Å². The molecule has 1 aromatic carbocycles. The van der Waals surface area contributed by atoms with Gasteiger partial charge in [-0.3, -0.25) is 4.79 Å². The average molecular weight is 260 g/mol. The average Bonchev–Trinajstić information content (AvgIpc) is 2.30. The van der Waals surface area contributed by atoms with E-state index in [1.54, 1.807) is 0 Å². The third kappa shape index (κ3) is 6.17. The summed E-state index contributed by atoms with van der Waals surface area (Å²) in [6.07, 6.45) is 0.533. The van der Waals surface area contributed by atoms with Gasteiger partial charge in [-0.2, -0.15) is 0 Å². The van der Waals surface area contributed by atoms with Crippen LogP contribution in [0.15, 0.2) is 24.3 Å². The summed E-state index contributed by atoms with van der Waals surface area (Å²) < 4.78 is 8.62. The minimum absolute atomic E-state index is 0.154. The Kier molecular flexibility index (Phi) is 9.42. The Labute approximate surface area is 107 Å². The lowest BCUT2D eigenvalue weighted by atomic mass is 10.1. The van der Waals surface area contributed by atoms with Crippen molar-refractivity contribution in [2.45, 2.75) is 20.0 Å². The first-order valence-electron chi connectivity index (χ1n) is 4.75. The van der Waals surface area contributed by atoms with Crippen molar-refractivity contribution in [1.82, 2.24) is 0 Å². The maximum absolute atomic E-state index is 11.3. The molecular weight excluding hydrogens is 244 g/mol. The molecule has 1 aromatic rings. The molecule has 1 rings (SSSR count). The highest BCUT2D eigenvalue weighted by molar-refractivity contribution is 7.75. The molecule has 0 atom stereocenters. The van der Waals surface area contributed by atoms with Gasteiger partial charge in [0.2, 0.25) is 0 Å². The highest BCUT2D eigenvalue weighted by Crippen LogP contribution is 2.09. The van der Waals surface area contributed by atoms with Gasteiger partial charge < -0.3 is 8.37 Å². The van der Waals surface area contributed by atoms with Crippen molar-refractivity contribution in [2.24, 2.45) is 0 Å². The Bertz CT molecular complexity index is 316. The molecule has 90 valence electrons. The largest absolute Gasteiger partial charge is 0.322 e. The predicted molar refractivity (Wildman–Crippen MR) is 70.8 cm³/mol. The Balaban J connectivity index is 0.000000673. The van der Waals surface area contributed by atoms with Crippen LogP contribution in [-0.4, -0.2) is 12.9 Å². The van der Waals surface area contributed by atoms with E-state index in [0.29, 0.717) is 13.0 Å². The molecule has 0 amide bonds. The number of ketones is 1. The van der Waals surface area contributed by atoms with Gasteiger partial charge in [-0.15, -0.1) is 0 Å². The summed E-state index contributed by atoms with van der Waals surface area (Å²) >= 11 is 6.94. The number of carbonyl (C=O) groups excluding carboxylic acids is 1. The van der Waals surface area contributed by atoms with Gasteiger partial charge in [0.1, 0.15) is 0 Å². The SMILES string of the molecule is CCC(=O)c1cccc(COS)c1.COS. The lowest BCUT2D eigenvalue weighted by molar-refractivity contribution is 0.0988. The van der Waals surface area contributed by atoms with Gasteiger partial charge in [-0.25, -0.2) is 0 Å². The van der Waals surface area contributed by atoms with Crippen molar-refractivity contribution in [1.29, 1.82) is 0 Å². The molecule has 0 fully saturated rings. The van der Waals surface area contributed by atoms with Crippen molar-refractivity contribution in [2.75, 3.05) is 7.11 Å². The van der Waals surface area contributed by atoms with Crippen LogP contribution in [0.3, 0.4) is 0 Å². The fourth-order valence-corrected chi connectivity index (χ4v) is 1.26. The maximum atomic E-state index is 11.3. The van der Waals surface area contributed by atoms with E-state index in [2.05, 4.69) is 34.2 Å². The topological polar surface area (TPSA) is 35.5 Å². The van der Waals surface area contributed by atoms with Crippen LogP contribution in [0.4, 0.5) is 0 Å². The van der Waals surface area contributed by atoms with E-state index in [9.17, 15) is 4.79 Å². The summed E-state index contributed by atoms with van der Waals surface area (Å²) in [4.78, 5) is 11.3. The molecule has 0 aliphatic rings. The van der Waals surface area contributed by atoms with Gasteiger partial charge in [-0.05, 0) is 37.4 Å². The highest BCUT2D eigenvalue weighted by Gasteiger charge is 2.02. The normalized spacial score (nSPS) is 9.25. The maximum Gasteiger partial charge on any atom is 0.162 e. The van der Waals surface area contributed by atoms with Crippen molar-refractivity contribution in [3.63, 3.8) is 0 Å². The summed E-state index contributed by atoms with van der Waals surface area (Å²) in [7, 11) is 1.49. The molecule has 0 aromatic heterocycles. The number of carbonyl (C=O) groups is 1. The lowest BCUT2D eigenvalue weighted by Crippen LogP contribution is -1.97. The second-order valence-electron chi connectivity index (χ2n) is 2.93. The second-order valence-corrected chi connectivity index (χ2v) is 3.56. The summed E-state index contributed by atoms with van der Waals surface area (Å²) in [5.74, 6) is 0.154. The molecular formula is C11H16O3S2. The van der Waals surface area contributed by atoms with E-state index >= 15 is 0 Å². The van der Waals surface area contributed by atoms with Crippen LogP contribution >= 0.6 is 25.8 Å². The standard InChI is InChI=1S/C10H12O2S.CH4OS/c1-2-10(11)9-5-3-4-8(6-9)7-12-13;1-2-3/h3-6,13H,2,7H2,1H3;3H,1H3. The number of hydrogen-bond donors (Lipinski definition) is 2. The quantitative estimate of drug-likeness (QED) is 0.496. The minimum atomic E-state index is 0.154.